The molecule has 0 spiro atoms. The van der Waals surface area contributed by atoms with Crippen LogP contribution in [0.3, 0.4) is 0 Å². The molecule has 1 saturated carbocycles. The van der Waals surface area contributed by atoms with Gasteiger partial charge in [-0.2, -0.15) is 0 Å². The first kappa shape index (κ1) is 20.7. The number of carbonyl (C=O) groups excluding carboxylic acids is 2. The van der Waals surface area contributed by atoms with Gasteiger partial charge in [0.1, 0.15) is 12.1 Å². The number of carbonyl (C=O) groups is 3. The topological polar surface area (TPSA) is 95.9 Å². The summed E-state index contributed by atoms with van der Waals surface area (Å²) in [4.78, 5) is 38.5. The van der Waals surface area contributed by atoms with Crippen molar-refractivity contribution in [3.05, 3.63) is 0 Å². The van der Waals surface area contributed by atoms with Crippen molar-refractivity contribution >= 4 is 17.8 Å². The minimum atomic E-state index is -0.935. The van der Waals surface area contributed by atoms with Crippen molar-refractivity contribution in [2.24, 2.45) is 5.92 Å². The molecule has 1 heterocycles. The van der Waals surface area contributed by atoms with E-state index in [1.54, 1.807) is 18.7 Å². The summed E-state index contributed by atoms with van der Waals surface area (Å²) in [5.41, 5.74) is 0. The molecule has 0 aromatic rings. The zero-order chi connectivity index (χ0) is 19.3. The molecule has 26 heavy (non-hydrogen) atoms. The number of hydrogen-bond acceptors (Lipinski definition) is 5. The molecule has 2 aliphatic rings. The van der Waals surface area contributed by atoms with Crippen molar-refractivity contribution in [2.75, 3.05) is 6.61 Å². The molecule has 1 amide bonds. The standard InChI is InChI=1S/C19H32N2O5/c1-4-8-14(19(25)26-5-2)20-12(3)17(22)21-15-10-7-6-9-13(15)11-16(21)18(23)24/h12-16,20H,4-11H2,1-3H3,(H,23,24)/t12-,13?,14+,15?,16?/m1/s1. The summed E-state index contributed by atoms with van der Waals surface area (Å²) in [5, 5.41) is 12.7. The Kier molecular flexibility index (Phi) is 7.43. The van der Waals surface area contributed by atoms with Gasteiger partial charge in [0.25, 0.3) is 0 Å². The molecular weight excluding hydrogens is 336 g/mol. The van der Waals surface area contributed by atoms with E-state index in [0.29, 0.717) is 19.4 Å². The fourth-order valence-corrected chi connectivity index (χ4v) is 4.39. The third-order valence-electron chi connectivity index (χ3n) is 5.60. The Balaban J connectivity index is 2.10. The number of carboxylic acid groups (broad SMARTS) is 1. The Bertz CT molecular complexity index is 524. The molecular formula is C19H32N2O5. The van der Waals surface area contributed by atoms with Gasteiger partial charge in [-0.05, 0) is 45.4 Å². The molecule has 1 aliphatic carbocycles. The summed E-state index contributed by atoms with van der Waals surface area (Å²) in [6, 6.07) is -1.92. The fraction of sp³-hybridized carbons (Fsp3) is 0.842. The van der Waals surface area contributed by atoms with E-state index in [1.165, 1.54) is 0 Å². The zero-order valence-electron chi connectivity index (χ0n) is 16.1. The molecule has 1 saturated heterocycles. The number of rotatable bonds is 8. The first-order valence-corrected chi connectivity index (χ1v) is 9.88. The lowest BCUT2D eigenvalue weighted by Gasteiger charge is -2.35. The van der Waals surface area contributed by atoms with E-state index in [4.69, 9.17) is 4.74 Å². The van der Waals surface area contributed by atoms with Crippen LogP contribution in [0.2, 0.25) is 0 Å². The van der Waals surface area contributed by atoms with Crippen LogP contribution in [0.4, 0.5) is 0 Å². The highest BCUT2D eigenvalue weighted by Gasteiger charge is 2.48. The first-order valence-electron chi connectivity index (χ1n) is 9.88. The molecule has 2 N–H and O–H groups in total. The second-order valence-corrected chi connectivity index (χ2v) is 7.43. The molecule has 148 valence electrons. The molecule has 2 fully saturated rings. The van der Waals surface area contributed by atoms with E-state index in [-0.39, 0.29) is 23.8 Å². The number of carboxylic acids is 1. The highest BCUT2D eigenvalue weighted by molar-refractivity contribution is 5.88. The molecule has 7 heteroatoms. The van der Waals surface area contributed by atoms with Crippen LogP contribution in [0.15, 0.2) is 0 Å². The predicted molar refractivity (Wildman–Crippen MR) is 96.6 cm³/mol. The van der Waals surface area contributed by atoms with Gasteiger partial charge in [0.05, 0.1) is 12.6 Å². The number of fused-ring (bicyclic) bond motifs is 1. The third-order valence-corrected chi connectivity index (χ3v) is 5.60. The molecule has 7 nitrogen and oxygen atoms in total. The van der Waals surface area contributed by atoms with Crippen molar-refractivity contribution in [1.82, 2.24) is 10.2 Å². The lowest BCUT2D eigenvalue weighted by Crippen LogP contribution is -2.55. The van der Waals surface area contributed by atoms with Crippen LogP contribution in [-0.2, 0) is 19.1 Å². The smallest absolute Gasteiger partial charge is 0.326 e. The van der Waals surface area contributed by atoms with Crippen molar-refractivity contribution in [2.45, 2.75) is 89.9 Å². The van der Waals surface area contributed by atoms with Gasteiger partial charge in [-0.25, -0.2) is 4.79 Å². The largest absolute Gasteiger partial charge is 0.480 e. The zero-order valence-corrected chi connectivity index (χ0v) is 16.1. The molecule has 2 rings (SSSR count). The van der Waals surface area contributed by atoms with E-state index in [1.807, 2.05) is 6.92 Å². The lowest BCUT2D eigenvalue weighted by molar-refractivity contribution is -0.152. The van der Waals surface area contributed by atoms with Crippen molar-refractivity contribution in [1.29, 1.82) is 0 Å². The van der Waals surface area contributed by atoms with Crippen LogP contribution in [0, 0.1) is 5.92 Å². The summed E-state index contributed by atoms with van der Waals surface area (Å²) in [7, 11) is 0. The van der Waals surface area contributed by atoms with Gasteiger partial charge in [0.2, 0.25) is 5.91 Å². The minimum absolute atomic E-state index is 0.00817. The minimum Gasteiger partial charge on any atom is -0.480 e. The van der Waals surface area contributed by atoms with Crippen LogP contribution < -0.4 is 5.32 Å². The van der Waals surface area contributed by atoms with E-state index in [2.05, 4.69) is 5.32 Å². The second kappa shape index (κ2) is 9.35. The van der Waals surface area contributed by atoms with E-state index < -0.39 is 24.1 Å². The molecule has 0 bridgehead atoms. The van der Waals surface area contributed by atoms with Crippen LogP contribution in [0.5, 0.6) is 0 Å². The van der Waals surface area contributed by atoms with Crippen LogP contribution in [-0.4, -0.2) is 58.6 Å². The van der Waals surface area contributed by atoms with Gasteiger partial charge in [-0.15, -0.1) is 0 Å². The normalized spacial score (nSPS) is 27.5. The maximum absolute atomic E-state index is 13.1. The van der Waals surface area contributed by atoms with Crippen molar-refractivity contribution < 1.29 is 24.2 Å². The Labute approximate surface area is 155 Å². The van der Waals surface area contributed by atoms with Gasteiger partial charge in [-0.1, -0.05) is 26.2 Å². The molecule has 0 aromatic heterocycles. The van der Waals surface area contributed by atoms with E-state index in [0.717, 1.165) is 32.1 Å². The summed E-state index contributed by atoms with van der Waals surface area (Å²) in [6.07, 6.45) is 5.87. The molecule has 3 unspecified atom stereocenters. The fourth-order valence-electron chi connectivity index (χ4n) is 4.39. The number of hydrogen-bond donors (Lipinski definition) is 2. The quantitative estimate of drug-likeness (QED) is 0.636. The van der Waals surface area contributed by atoms with E-state index in [9.17, 15) is 19.5 Å². The maximum Gasteiger partial charge on any atom is 0.326 e. The number of esters is 1. The monoisotopic (exact) mass is 368 g/mol. The highest BCUT2D eigenvalue weighted by atomic mass is 16.5. The van der Waals surface area contributed by atoms with Gasteiger partial charge in [0, 0.05) is 6.04 Å². The third kappa shape index (κ3) is 4.55. The summed E-state index contributed by atoms with van der Waals surface area (Å²) in [5.74, 6) is -1.24. The summed E-state index contributed by atoms with van der Waals surface area (Å²) < 4.78 is 5.09. The van der Waals surface area contributed by atoms with Gasteiger partial charge < -0.3 is 14.7 Å². The Morgan fingerprint density at radius 3 is 2.54 bits per heavy atom. The summed E-state index contributed by atoms with van der Waals surface area (Å²) >= 11 is 0. The van der Waals surface area contributed by atoms with Crippen LogP contribution in [0.1, 0.15) is 65.7 Å². The maximum atomic E-state index is 13.1. The van der Waals surface area contributed by atoms with Gasteiger partial charge in [0.15, 0.2) is 0 Å². The average Bonchev–Trinajstić information content (AvgIpc) is 3.00. The Hall–Kier alpha value is -1.63. The molecule has 0 radical (unpaired) electrons. The predicted octanol–water partition coefficient (Wildman–Crippen LogP) is 1.94. The van der Waals surface area contributed by atoms with Gasteiger partial charge in [-0.3, -0.25) is 14.9 Å². The number of amides is 1. The summed E-state index contributed by atoms with van der Waals surface area (Å²) in [6.45, 7) is 5.72. The number of nitrogens with zero attached hydrogens (tertiary/aromatic N) is 1. The number of likely N-dealkylation sites (tertiary alicyclic amines) is 1. The van der Waals surface area contributed by atoms with Gasteiger partial charge >= 0.3 is 11.9 Å². The Morgan fingerprint density at radius 1 is 1.23 bits per heavy atom. The van der Waals surface area contributed by atoms with Crippen LogP contribution >= 0.6 is 0 Å². The first-order chi connectivity index (χ1) is 12.4. The SMILES string of the molecule is CCC[C@H](N[C@H](C)C(=O)N1C(C(=O)O)CC2CCCCC21)C(=O)OCC. The number of ether oxygens (including phenoxy) is 1. The average molecular weight is 368 g/mol. The molecule has 1 aliphatic heterocycles. The Morgan fingerprint density at radius 2 is 1.92 bits per heavy atom. The number of aliphatic carboxylic acids is 1. The molecule has 0 aromatic carbocycles. The second-order valence-electron chi connectivity index (χ2n) is 7.43. The van der Waals surface area contributed by atoms with Crippen LogP contribution in [0.25, 0.3) is 0 Å². The lowest BCUT2D eigenvalue weighted by atomic mass is 9.84. The van der Waals surface area contributed by atoms with Crippen molar-refractivity contribution in [3.8, 4) is 0 Å². The van der Waals surface area contributed by atoms with Crippen molar-refractivity contribution in [3.63, 3.8) is 0 Å². The van der Waals surface area contributed by atoms with E-state index >= 15 is 0 Å². The molecule has 5 atom stereocenters. The highest BCUT2D eigenvalue weighted by Crippen LogP contribution is 2.40. The number of nitrogens with one attached hydrogen (secondary N) is 1.